The molecule has 0 heterocycles. The molecule has 0 fully saturated rings. The highest BCUT2D eigenvalue weighted by Gasteiger charge is 2.25. The molecule has 0 aliphatic carbocycles. The van der Waals surface area contributed by atoms with E-state index in [2.05, 4.69) is 80.7 Å². The van der Waals surface area contributed by atoms with Gasteiger partial charge in [-0.25, -0.2) is 4.57 Å². The molecule has 0 amide bonds. The van der Waals surface area contributed by atoms with Gasteiger partial charge in [-0.1, -0.05) is 125 Å². The fraction of sp³-hybridized carbons (Fsp3) is 0.600. The molecule has 0 aliphatic rings. The average Bonchev–Trinajstić information content (AvgIpc) is 3.10. The number of allylic oxidation sites excluding steroid dienone is 14. The molecule has 0 radical (unpaired) electrons. The van der Waals surface area contributed by atoms with Gasteiger partial charge in [0.25, 0.3) is 0 Å². The molecule has 0 aromatic carbocycles. The lowest BCUT2D eigenvalue weighted by Gasteiger charge is -2.19. The van der Waals surface area contributed by atoms with Gasteiger partial charge in [0.15, 0.2) is 6.10 Å². The summed E-state index contributed by atoms with van der Waals surface area (Å²) in [6, 6.07) is 0. The third kappa shape index (κ3) is 35.0. The van der Waals surface area contributed by atoms with Crippen LogP contribution in [0.2, 0.25) is 0 Å². The maximum absolute atomic E-state index is 12.5. The number of hydrogen-bond acceptors (Lipinski definition) is 8. The minimum Gasteiger partial charge on any atom is -0.462 e. The molecule has 10 heteroatoms. The van der Waals surface area contributed by atoms with Crippen LogP contribution in [0.25, 0.3) is 0 Å². The minimum atomic E-state index is -4.39. The van der Waals surface area contributed by atoms with Crippen LogP contribution in [0.1, 0.15) is 123 Å². The Bertz CT molecular complexity index is 1090. The molecule has 0 saturated carbocycles. The molecular weight excluding hydrogens is 653 g/mol. The monoisotopic (exact) mass is 719 g/mol. The number of hydrogen-bond donors (Lipinski definition) is 2. The Morgan fingerprint density at radius 2 is 1.14 bits per heavy atom. The Hall–Kier alpha value is -2.81. The Kier molecular flexibility index (Phi) is 34.0. The molecule has 0 aromatic heterocycles. The molecule has 0 saturated heterocycles. The molecule has 2 atom stereocenters. The second kappa shape index (κ2) is 36.0. The SMILES string of the molecule is CC/C=C/C=C/C=C/CCCCCCCC(=O)OC(COC(=O)CCCCC/C=C/C/C=C/C/C=C/C/C=C/CC)COP(=O)(O)OCCN. The van der Waals surface area contributed by atoms with Gasteiger partial charge in [-0.2, -0.15) is 0 Å². The topological polar surface area (TPSA) is 134 Å². The van der Waals surface area contributed by atoms with Crippen molar-refractivity contribution >= 4 is 19.8 Å². The van der Waals surface area contributed by atoms with E-state index in [4.69, 9.17) is 24.3 Å². The van der Waals surface area contributed by atoms with Crippen LogP contribution < -0.4 is 5.73 Å². The summed E-state index contributed by atoms with van der Waals surface area (Å²) < 4.78 is 32.6. The number of carbonyl (C=O) groups excluding carboxylic acids is 2. The van der Waals surface area contributed by atoms with Crippen LogP contribution in [-0.2, 0) is 32.7 Å². The highest BCUT2D eigenvalue weighted by Crippen LogP contribution is 2.43. The fourth-order valence-electron chi connectivity index (χ4n) is 4.39. The van der Waals surface area contributed by atoms with Crippen LogP contribution in [-0.4, -0.2) is 49.3 Å². The van der Waals surface area contributed by atoms with Gasteiger partial charge in [-0.3, -0.25) is 18.6 Å². The van der Waals surface area contributed by atoms with Crippen LogP contribution in [0.3, 0.4) is 0 Å². The van der Waals surface area contributed by atoms with Crippen molar-refractivity contribution in [2.24, 2.45) is 5.73 Å². The summed E-state index contributed by atoms with van der Waals surface area (Å²) in [6.07, 6.45) is 43.3. The molecule has 2 unspecified atom stereocenters. The number of carbonyl (C=O) groups is 2. The second-order valence-corrected chi connectivity index (χ2v) is 13.2. The zero-order chi connectivity index (χ0) is 36.8. The summed E-state index contributed by atoms with van der Waals surface area (Å²) in [7, 11) is -4.39. The molecule has 50 heavy (non-hydrogen) atoms. The number of phosphoric acid groups is 1. The molecule has 9 nitrogen and oxygen atoms in total. The first kappa shape index (κ1) is 47.2. The predicted molar refractivity (Wildman–Crippen MR) is 205 cm³/mol. The molecule has 0 bridgehead atoms. The van der Waals surface area contributed by atoms with Crippen molar-refractivity contribution < 1.29 is 37.6 Å². The lowest BCUT2D eigenvalue weighted by Crippen LogP contribution is -2.29. The number of phosphoric ester groups is 1. The third-order valence-electron chi connectivity index (χ3n) is 7.09. The van der Waals surface area contributed by atoms with Crippen molar-refractivity contribution in [1.29, 1.82) is 0 Å². The Morgan fingerprint density at radius 1 is 0.620 bits per heavy atom. The van der Waals surface area contributed by atoms with Crippen molar-refractivity contribution in [1.82, 2.24) is 0 Å². The second-order valence-electron chi connectivity index (χ2n) is 11.7. The van der Waals surface area contributed by atoms with Gasteiger partial charge in [-0.15, -0.1) is 0 Å². The van der Waals surface area contributed by atoms with Crippen molar-refractivity contribution in [3.8, 4) is 0 Å². The van der Waals surface area contributed by atoms with Gasteiger partial charge in [0.2, 0.25) is 0 Å². The van der Waals surface area contributed by atoms with E-state index in [1.54, 1.807) is 0 Å². The summed E-state index contributed by atoms with van der Waals surface area (Å²) in [5.74, 6) is -0.902. The van der Waals surface area contributed by atoms with Gasteiger partial charge in [0.05, 0.1) is 13.2 Å². The van der Waals surface area contributed by atoms with E-state index in [0.717, 1.165) is 83.5 Å². The first-order chi connectivity index (χ1) is 24.3. The molecule has 0 aliphatic heterocycles. The molecule has 0 spiro atoms. The highest BCUT2D eigenvalue weighted by molar-refractivity contribution is 7.47. The van der Waals surface area contributed by atoms with Crippen LogP contribution in [0.15, 0.2) is 85.1 Å². The number of nitrogens with two attached hydrogens (primary N) is 1. The van der Waals surface area contributed by atoms with Crippen LogP contribution in [0, 0.1) is 0 Å². The largest absolute Gasteiger partial charge is 0.472 e. The van der Waals surface area contributed by atoms with Gasteiger partial charge < -0.3 is 20.1 Å². The van der Waals surface area contributed by atoms with Crippen molar-refractivity contribution in [3.05, 3.63) is 85.1 Å². The van der Waals surface area contributed by atoms with Gasteiger partial charge >= 0.3 is 19.8 Å². The number of rotatable bonds is 33. The zero-order valence-corrected chi connectivity index (χ0v) is 31.7. The fourth-order valence-corrected chi connectivity index (χ4v) is 5.15. The van der Waals surface area contributed by atoms with E-state index in [1.165, 1.54) is 0 Å². The van der Waals surface area contributed by atoms with E-state index >= 15 is 0 Å². The quantitative estimate of drug-likeness (QED) is 0.0223. The van der Waals surface area contributed by atoms with Gasteiger partial charge in [-0.05, 0) is 70.6 Å². The van der Waals surface area contributed by atoms with E-state index in [-0.39, 0.29) is 32.6 Å². The summed E-state index contributed by atoms with van der Waals surface area (Å²) in [5, 5.41) is 0. The lowest BCUT2D eigenvalue weighted by atomic mass is 10.1. The predicted octanol–water partition coefficient (Wildman–Crippen LogP) is 10.1. The average molecular weight is 720 g/mol. The molecule has 3 N–H and O–H groups in total. The Balaban J connectivity index is 4.34. The normalized spacial score (nSPS) is 14.4. The summed E-state index contributed by atoms with van der Waals surface area (Å²) in [4.78, 5) is 34.7. The van der Waals surface area contributed by atoms with Gasteiger partial charge in [0.1, 0.15) is 6.61 Å². The molecule has 0 rings (SSSR count). The number of unbranched alkanes of at least 4 members (excludes halogenated alkanes) is 8. The van der Waals surface area contributed by atoms with Crippen molar-refractivity contribution in [2.45, 2.75) is 129 Å². The smallest absolute Gasteiger partial charge is 0.462 e. The molecular formula is C40H66NO8P. The van der Waals surface area contributed by atoms with Crippen LogP contribution >= 0.6 is 7.82 Å². The van der Waals surface area contributed by atoms with E-state index < -0.39 is 32.5 Å². The highest BCUT2D eigenvalue weighted by atomic mass is 31.2. The van der Waals surface area contributed by atoms with Crippen molar-refractivity contribution in [2.75, 3.05) is 26.4 Å². The third-order valence-corrected chi connectivity index (χ3v) is 8.07. The molecule has 284 valence electrons. The Labute approximate surface area is 303 Å². The maximum Gasteiger partial charge on any atom is 0.472 e. The zero-order valence-electron chi connectivity index (χ0n) is 30.8. The Morgan fingerprint density at radius 3 is 1.78 bits per heavy atom. The van der Waals surface area contributed by atoms with E-state index in [0.29, 0.717) is 12.8 Å². The summed E-state index contributed by atoms with van der Waals surface area (Å²) >= 11 is 0. The number of esters is 2. The minimum absolute atomic E-state index is 0.0400. The van der Waals surface area contributed by atoms with Gasteiger partial charge in [0, 0.05) is 19.4 Å². The van der Waals surface area contributed by atoms with E-state index in [9.17, 15) is 19.0 Å². The first-order valence-corrected chi connectivity index (χ1v) is 20.1. The number of ether oxygens (including phenoxy) is 2. The van der Waals surface area contributed by atoms with Crippen LogP contribution in [0.5, 0.6) is 0 Å². The first-order valence-electron chi connectivity index (χ1n) is 18.6. The maximum atomic E-state index is 12.5. The summed E-state index contributed by atoms with van der Waals surface area (Å²) in [5.41, 5.74) is 5.32. The standard InChI is InChI=1S/C40H66NO8P/c1-3-5-7-9-11-13-15-17-18-19-21-22-24-26-28-30-32-39(42)46-36-38(37-48-50(44,45)47-35-34-41)49-40(43)33-31-29-27-25-23-20-16-14-12-10-8-6-4-2/h5-8,10-14,16-18,21-22,38H,3-4,9,15,19-20,23-37,41H2,1-2H3,(H,44,45)/b7-5+,8-6+,12-10+,13-11+,16-14+,18-17+,22-21+. The van der Waals surface area contributed by atoms with Crippen molar-refractivity contribution in [3.63, 3.8) is 0 Å². The van der Waals surface area contributed by atoms with Crippen LogP contribution in [0.4, 0.5) is 0 Å². The van der Waals surface area contributed by atoms with E-state index in [1.807, 2.05) is 18.2 Å². The summed E-state index contributed by atoms with van der Waals surface area (Å²) in [6.45, 7) is 3.38. The molecule has 0 aromatic rings. The lowest BCUT2D eigenvalue weighted by molar-refractivity contribution is -0.161.